The summed E-state index contributed by atoms with van der Waals surface area (Å²) >= 11 is 3.36. The molecule has 2 aromatic heterocycles. The molecular weight excluding hydrogens is 274 g/mol. The van der Waals surface area contributed by atoms with Crippen LogP contribution in [-0.4, -0.2) is 9.97 Å². The number of hydrogen-bond acceptors (Lipinski definition) is 5. The van der Waals surface area contributed by atoms with Crippen LogP contribution in [0.1, 0.15) is 24.3 Å². The van der Waals surface area contributed by atoms with Crippen molar-refractivity contribution in [3.63, 3.8) is 0 Å². The summed E-state index contributed by atoms with van der Waals surface area (Å²) in [5.41, 5.74) is 8.17. The van der Waals surface area contributed by atoms with Crippen LogP contribution < -0.4 is 5.73 Å². The molecule has 0 aliphatic heterocycles. The average molecular weight is 287 g/mol. The maximum atomic E-state index is 6.32. The van der Waals surface area contributed by atoms with Gasteiger partial charge in [0.1, 0.15) is 15.7 Å². The van der Waals surface area contributed by atoms with E-state index < -0.39 is 0 Å². The van der Waals surface area contributed by atoms with Crippen LogP contribution in [0.2, 0.25) is 0 Å². The molecule has 3 aromatic rings. The fourth-order valence-corrected chi connectivity index (χ4v) is 4.33. The molecule has 0 spiro atoms. The van der Waals surface area contributed by atoms with E-state index in [1.165, 1.54) is 11.1 Å². The van der Waals surface area contributed by atoms with E-state index >= 15 is 0 Å². The lowest BCUT2D eigenvalue weighted by atomic mass is 9.78. The molecule has 1 fully saturated rings. The molecule has 2 N–H and O–H groups in total. The van der Waals surface area contributed by atoms with Gasteiger partial charge < -0.3 is 5.73 Å². The third-order valence-electron chi connectivity index (χ3n) is 3.69. The first-order valence-electron chi connectivity index (χ1n) is 6.35. The first kappa shape index (κ1) is 11.5. The second-order valence-electron chi connectivity index (χ2n) is 5.03. The van der Waals surface area contributed by atoms with Gasteiger partial charge in [-0.1, -0.05) is 12.1 Å². The lowest BCUT2D eigenvalue weighted by Gasteiger charge is -2.35. The molecule has 1 saturated carbocycles. The molecule has 0 amide bonds. The highest BCUT2D eigenvalue weighted by Gasteiger charge is 2.37. The summed E-state index contributed by atoms with van der Waals surface area (Å²) in [7, 11) is 0. The molecule has 96 valence electrons. The fourth-order valence-electron chi connectivity index (χ4n) is 2.35. The molecule has 1 aliphatic carbocycles. The Kier molecular flexibility index (Phi) is 2.48. The molecule has 5 heteroatoms. The van der Waals surface area contributed by atoms with Crippen molar-refractivity contribution in [1.82, 2.24) is 9.97 Å². The van der Waals surface area contributed by atoms with E-state index in [1.807, 2.05) is 18.2 Å². The Morgan fingerprint density at radius 2 is 2.00 bits per heavy atom. The monoisotopic (exact) mass is 287 g/mol. The predicted octanol–water partition coefficient (Wildman–Crippen LogP) is 3.76. The molecule has 0 radical (unpaired) electrons. The highest BCUT2D eigenvalue weighted by Crippen LogP contribution is 2.41. The average Bonchev–Trinajstić information content (AvgIpc) is 3.02. The van der Waals surface area contributed by atoms with Crippen LogP contribution in [0.4, 0.5) is 0 Å². The minimum atomic E-state index is -0.167. The van der Waals surface area contributed by atoms with E-state index in [-0.39, 0.29) is 5.54 Å². The van der Waals surface area contributed by atoms with Crippen molar-refractivity contribution in [3.05, 3.63) is 34.7 Å². The number of thiazole rings is 2. The summed E-state index contributed by atoms with van der Waals surface area (Å²) in [5.74, 6) is 0. The Labute approximate surface area is 119 Å². The second kappa shape index (κ2) is 4.10. The third-order valence-corrected chi connectivity index (χ3v) is 5.81. The minimum absolute atomic E-state index is 0.167. The Bertz CT molecular complexity index is 707. The van der Waals surface area contributed by atoms with Crippen LogP contribution in [0, 0.1) is 0 Å². The molecule has 0 atom stereocenters. The van der Waals surface area contributed by atoms with Crippen molar-refractivity contribution in [2.75, 3.05) is 0 Å². The summed E-state index contributed by atoms with van der Waals surface area (Å²) in [6.07, 6.45) is 3.33. The molecule has 19 heavy (non-hydrogen) atoms. The van der Waals surface area contributed by atoms with Gasteiger partial charge in [-0.25, -0.2) is 9.97 Å². The molecule has 0 saturated heterocycles. The van der Waals surface area contributed by atoms with Crippen LogP contribution in [0.5, 0.6) is 0 Å². The Morgan fingerprint density at radius 1 is 1.16 bits per heavy atom. The van der Waals surface area contributed by atoms with Crippen molar-refractivity contribution < 1.29 is 0 Å². The lowest BCUT2D eigenvalue weighted by molar-refractivity contribution is 0.253. The number of rotatable bonds is 2. The summed E-state index contributed by atoms with van der Waals surface area (Å²) in [6.45, 7) is 0. The van der Waals surface area contributed by atoms with Crippen LogP contribution in [0.3, 0.4) is 0 Å². The summed E-state index contributed by atoms with van der Waals surface area (Å²) in [5, 5.41) is 4.14. The van der Waals surface area contributed by atoms with Gasteiger partial charge in [0.05, 0.1) is 15.8 Å². The summed E-state index contributed by atoms with van der Waals surface area (Å²) in [6, 6.07) is 8.20. The first-order valence-corrected chi connectivity index (χ1v) is 8.05. The molecule has 0 bridgehead atoms. The van der Waals surface area contributed by atoms with Crippen LogP contribution >= 0.6 is 22.7 Å². The Morgan fingerprint density at radius 3 is 2.74 bits per heavy atom. The quantitative estimate of drug-likeness (QED) is 0.781. The van der Waals surface area contributed by atoms with Crippen molar-refractivity contribution in [3.8, 4) is 10.7 Å². The van der Waals surface area contributed by atoms with Gasteiger partial charge in [-0.3, -0.25) is 0 Å². The van der Waals surface area contributed by atoms with Crippen LogP contribution in [-0.2, 0) is 5.54 Å². The van der Waals surface area contributed by atoms with E-state index in [9.17, 15) is 0 Å². The predicted molar refractivity (Wildman–Crippen MR) is 80.4 cm³/mol. The third kappa shape index (κ3) is 1.81. The lowest BCUT2D eigenvalue weighted by Crippen LogP contribution is -2.43. The molecule has 0 unspecified atom stereocenters. The number of nitrogens with zero attached hydrogens (tertiary/aromatic N) is 2. The minimum Gasteiger partial charge on any atom is -0.319 e. The number of benzene rings is 1. The maximum Gasteiger partial charge on any atom is 0.143 e. The van der Waals surface area contributed by atoms with Gasteiger partial charge in [0.25, 0.3) is 0 Å². The highest BCUT2D eigenvalue weighted by atomic mass is 32.1. The smallest absolute Gasteiger partial charge is 0.143 e. The first-order chi connectivity index (χ1) is 9.24. The van der Waals surface area contributed by atoms with Gasteiger partial charge in [-0.2, -0.15) is 0 Å². The largest absolute Gasteiger partial charge is 0.319 e. The Balaban J connectivity index is 1.75. The molecule has 3 nitrogen and oxygen atoms in total. The standard InChI is InChI=1S/C14H13N3S2/c15-14(6-3-7-14)13-17-10(8-18-13)12-16-9-4-1-2-5-11(9)19-12/h1-2,4-5,8H,3,6-7,15H2. The zero-order valence-electron chi connectivity index (χ0n) is 10.3. The SMILES string of the molecule is NC1(c2nc(-c3nc4ccccc4s3)cs2)CCC1. The zero-order valence-corrected chi connectivity index (χ0v) is 11.9. The van der Waals surface area contributed by atoms with Gasteiger partial charge in [0, 0.05) is 5.38 Å². The fraction of sp³-hybridized carbons (Fsp3) is 0.286. The second-order valence-corrected chi connectivity index (χ2v) is 6.92. The Hall–Kier alpha value is -1.30. The van der Waals surface area contributed by atoms with Gasteiger partial charge >= 0.3 is 0 Å². The zero-order chi connectivity index (χ0) is 12.9. The molecule has 4 rings (SSSR count). The van der Waals surface area contributed by atoms with Crippen LogP contribution in [0.15, 0.2) is 29.6 Å². The van der Waals surface area contributed by atoms with Crippen LogP contribution in [0.25, 0.3) is 20.9 Å². The van der Waals surface area contributed by atoms with Crippen molar-refractivity contribution in [1.29, 1.82) is 0 Å². The van der Waals surface area contributed by atoms with E-state index in [4.69, 9.17) is 10.7 Å². The van der Waals surface area contributed by atoms with Gasteiger partial charge in [0.15, 0.2) is 0 Å². The molecule has 1 aliphatic rings. The highest BCUT2D eigenvalue weighted by molar-refractivity contribution is 7.21. The maximum absolute atomic E-state index is 6.32. The van der Waals surface area contributed by atoms with Crippen molar-refractivity contribution in [2.24, 2.45) is 5.73 Å². The molecule has 2 heterocycles. The summed E-state index contributed by atoms with van der Waals surface area (Å²) < 4.78 is 1.21. The topological polar surface area (TPSA) is 51.8 Å². The number of para-hydroxylation sites is 1. The summed E-state index contributed by atoms with van der Waals surface area (Å²) in [4.78, 5) is 9.36. The van der Waals surface area contributed by atoms with Gasteiger partial charge in [0.2, 0.25) is 0 Å². The van der Waals surface area contributed by atoms with Gasteiger partial charge in [-0.05, 0) is 31.4 Å². The number of aromatic nitrogens is 2. The van der Waals surface area contributed by atoms with E-state index in [0.29, 0.717) is 0 Å². The molecule has 1 aromatic carbocycles. The molecular formula is C14H13N3S2. The number of fused-ring (bicyclic) bond motifs is 1. The van der Waals surface area contributed by atoms with Gasteiger partial charge in [-0.15, -0.1) is 22.7 Å². The van der Waals surface area contributed by atoms with E-state index in [2.05, 4.69) is 16.4 Å². The number of nitrogens with two attached hydrogens (primary N) is 1. The van der Waals surface area contributed by atoms with E-state index in [0.717, 1.165) is 34.1 Å². The van der Waals surface area contributed by atoms with E-state index in [1.54, 1.807) is 22.7 Å². The van der Waals surface area contributed by atoms with Crippen molar-refractivity contribution in [2.45, 2.75) is 24.8 Å². The number of hydrogen-bond donors (Lipinski definition) is 1. The van der Waals surface area contributed by atoms with Crippen molar-refractivity contribution >= 4 is 32.9 Å². The normalized spacial score (nSPS) is 17.5.